The van der Waals surface area contributed by atoms with Crippen molar-refractivity contribution in [1.29, 1.82) is 0 Å². The van der Waals surface area contributed by atoms with Crippen molar-refractivity contribution in [2.45, 2.75) is 26.4 Å². The van der Waals surface area contributed by atoms with Crippen LogP contribution in [0.4, 0.5) is 4.79 Å². The molecule has 0 saturated carbocycles. The minimum absolute atomic E-state index is 0.264. The molecule has 1 aromatic carbocycles. The summed E-state index contributed by atoms with van der Waals surface area (Å²) in [5, 5.41) is 2.48. The Bertz CT molecular complexity index is 647. The number of fused-ring (bicyclic) bond motifs is 1. The van der Waals surface area contributed by atoms with Gasteiger partial charge in [0.05, 0.1) is 0 Å². The molecular formula is C16H18O4. The molecule has 2 unspecified atom stereocenters. The van der Waals surface area contributed by atoms with Crippen molar-refractivity contribution in [2.24, 2.45) is 5.92 Å². The zero-order valence-corrected chi connectivity index (χ0v) is 11.7. The molecule has 0 amide bonds. The van der Waals surface area contributed by atoms with Gasteiger partial charge in [0.2, 0.25) is 0 Å². The van der Waals surface area contributed by atoms with E-state index in [2.05, 4.69) is 31.2 Å². The molecule has 0 bridgehead atoms. The first-order chi connectivity index (χ1) is 9.61. The zero-order chi connectivity index (χ0) is 14.1. The number of aryl methyl sites for hydroxylation is 1. The number of rotatable bonds is 3. The van der Waals surface area contributed by atoms with Crippen molar-refractivity contribution in [3.8, 4) is 5.75 Å². The van der Waals surface area contributed by atoms with Gasteiger partial charge in [0.15, 0.2) is 6.10 Å². The van der Waals surface area contributed by atoms with Crippen molar-refractivity contribution in [3.63, 3.8) is 0 Å². The smallest absolute Gasteiger partial charge is 0.489 e. The summed E-state index contributed by atoms with van der Waals surface area (Å²) >= 11 is 0. The van der Waals surface area contributed by atoms with Crippen molar-refractivity contribution in [2.75, 3.05) is 13.2 Å². The molecule has 2 atom stereocenters. The number of carbonyl (C=O) groups is 1. The highest BCUT2D eigenvalue weighted by atomic mass is 16.8. The van der Waals surface area contributed by atoms with Gasteiger partial charge in [0.25, 0.3) is 0 Å². The highest BCUT2D eigenvalue weighted by Gasteiger charge is 2.25. The Morgan fingerprint density at radius 2 is 2.20 bits per heavy atom. The summed E-state index contributed by atoms with van der Waals surface area (Å²) in [6, 6.07) is 4.21. The van der Waals surface area contributed by atoms with Gasteiger partial charge in [-0.1, -0.05) is 19.1 Å². The summed E-state index contributed by atoms with van der Waals surface area (Å²) in [6.45, 7) is 4.82. The molecule has 3 rings (SSSR count). The topological polar surface area (TPSA) is 44.8 Å². The molecule has 1 aliphatic heterocycles. The molecule has 0 aromatic heterocycles. The highest BCUT2D eigenvalue weighted by molar-refractivity contribution is 5.61. The summed E-state index contributed by atoms with van der Waals surface area (Å²) in [4.78, 5) is 10.9. The number of hydrogen-bond acceptors (Lipinski definition) is 4. The molecule has 0 radical (unpaired) electrons. The molecule has 20 heavy (non-hydrogen) atoms. The predicted molar refractivity (Wildman–Crippen MR) is 74.9 cm³/mol. The average Bonchev–Trinajstić information content (AvgIpc) is 2.83. The molecule has 2 aliphatic rings. The SMILES string of the molecule is Cc1cc2c(cc1OCC1COC(=O)O1)=CC(C)CC=2. The minimum atomic E-state index is -0.613. The second kappa shape index (κ2) is 5.19. The number of benzene rings is 1. The van der Waals surface area contributed by atoms with Crippen LogP contribution in [0.2, 0.25) is 0 Å². The Morgan fingerprint density at radius 3 is 2.95 bits per heavy atom. The summed E-state index contributed by atoms with van der Waals surface area (Å²) < 4.78 is 15.5. The van der Waals surface area contributed by atoms with Gasteiger partial charge in [-0.2, -0.15) is 0 Å². The van der Waals surface area contributed by atoms with Gasteiger partial charge >= 0.3 is 6.16 Å². The lowest BCUT2D eigenvalue weighted by Gasteiger charge is -2.14. The first-order valence-electron chi connectivity index (χ1n) is 6.91. The van der Waals surface area contributed by atoms with Crippen molar-refractivity contribution >= 4 is 18.3 Å². The number of ether oxygens (including phenoxy) is 3. The van der Waals surface area contributed by atoms with Gasteiger partial charge in [-0.15, -0.1) is 0 Å². The normalized spacial score (nSPS) is 24.0. The molecule has 1 heterocycles. The van der Waals surface area contributed by atoms with Gasteiger partial charge < -0.3 is 14.2 Å². The van der Waals surface area contributed by atoms with Crippen LogP contribution in [-0.4, -0.2) is 25.5 Å². The van der Waals surface area contributed by atoms with E-state index in [9.17, 15) is 4.79 Å². The van der Waals surface area contributed by atoms with Crippen molar-refractivity contribution in [1.82, 2.24) is 0 Å². The fourth-order valence-electron chi connectivity index (χ4n) is 2.52. The van der Waals surface area contributed by atoms with Gasteiger partial charge in [0, 0.05) is 0 Å². The maximum absolute atomic E-state index is 10.9. The van der Waals surface area contributed by atoms with Crippen LogP contribution in [0.5, 0.6) is 5.75 Å². The summed E-state index contributed by atoms with van der Waals surface area (Å²) in [7, 11) is 0. The molecule has 4 nitrogen and oxygen atoms in total. The molecule has 1 fully saturated rings. The highest BCUT2D eigenvalue weighted by Crippen LogP contribution is 2.16. The second-order valence-corrected chi connectivity index (χ2v) is 5.44. The molecule has 4 heteroatoms. The number of hydrogen-bond donors (Lipinski definition) is 0. The molecule has 0 N–H and O–H groups in total. The van der Waals surface area contributed by atoms with E-state index in [1.165, 1.54) is 10.4 Å². The van der Waals surface area contributed by atoms with Crippen molar-refractivity contribution in [3.05, 3.63) is 28.1 Å². The van der Waals surface area contributed by atoms with Gasteiger partial charge in [-0.05, 0) is 47.4 Å². The monoisotopic (exact) mass is 274 g/mol. The van der Waals surface area contributed by atoms with E-state index in [1.807, 2.05) is 6.92 Å². The van der Waals surface area contributed by atoms with Crippen LogP contribution in [-0.2, 0) is 9.47 Å². The van der Waals surface area contributed by atoms with Crippen LogP contribution in [0.25, 0.3) is 12.2 Å². The maximum atomic E-state index is 10.9. The van der Waals surface area contributed by atoms with E-state index in [-0.39, 0.29) is 12.7 Å². The average molecular weight is 274 g/mol. The summed E-state index contributed by atoms with van der Waals surface area (Å²) in [5.41, 5.74) is 1.09. The lowest BCUT2D eigenvalue weighted by Crippen LogP contribution is -2.29. The van der Waals surface area contributed by atoms with Crippen molar-refractivity contribution < 1.29 is 19.0 Å². The van der Waals surface area contributed by atoms with Gasteiger partial charge in [0.1, 0.15) is 19.0 Å². The van der Waals surface area contributed by atoms with Crippen LogP contribution in [0, 0.1) is 12.8 Å². The lowest BCUT2D eigenvalue weighted by atomic mass is 9.98. The van der Waals surface area contributed by atoms with Gasteiger partial charge in [-0.25, -0.2) is 4.79 Å². The second-order valence-electron chi connectivity index (χ2n) is 5.44. The first kappa shape index (κ1) is 13.0. The molecule has 1 aromatic rings. The maximum Gasteiger partial charge on any atom is 0.508 e. The van der Waals surface area contributed by atoms with Gasteiger partial charge in [-0.3, -0.25) is 0 Å². The number of carbonyl (C=O) groups excluding carboxylic acids is 1. The predicted octanol–water partition coefficient (Wildman–Crippen LogP) is 1.51. The quantitative estimate of drug-likeness (QED) is 0.784. The Hall–Kier alpha value is -1.97. The summed E-state index contributed by atoms with van der Waals surface area (Å²) in [5.74, 6) is 1.40. The fraction of sp³-hybridized carbons (Fsp3) is 0.438. The lowest BCUT2D eigenvalue weighted by molar-refractivity contribution is 0.0981. The van der Waals surface area contributed by atoms with Crippen LogP contribution < -0.4 is 15.2 Å². The fourth-order valence-corrected chi connectivity index (χ4v) is 2.52. The molecule has 106 valence electrons. The third-order valence-electron chi connectivity index (χ3n) is 3.63. The Morgan fingerprint density at radius 1 is 1.35 bits per heavy atom. The minimum Gasteiger partial charge on any atom is -0.489 e. The largest absolute Gasteiger partial charge is 0.508 e. The third-order valence-corrected chi connectivity index (χ3v) is 3.63. The van der Waals surface area contributed by atoms with E-state index in [0.717, 1.165) is 17.7 Å². The third kappa shape index (κ3) is 2.64. The van der Waals surface area contributed by atoms with E-state index >= 15 is 0 Å². The molecule has 1 saturated heterocycles. The standard InChI is InChI=1S/C16H18O4/c1-10-3-4-12-6-11(2)15(7-13(12)5-10)18-8-14-9-19-16(17)20-14/h4-7,10,14H,3,8-9H2,1-2H3. The van der Waals surface area contributed by atoms with Crippen LogP contribution in [0.15, 0.2) is 12.1 Å². The Balaban J connectivity index is 1.79. The number of cyclic esters (lactones) is 2. The van der Waals surface area contributed by atoms with E-state index in [0.29, 0.717) is 12.5 Å². The van der Waals surface area contributed by atoms with Crippen LogP contribution >= 0.6 is 0 Å². The zero-order valence-electron chi connectivity index (χ0n) is 11.7. The van der Waals surface area contributed by atoms with E-state index in [4.69, 9.17) is 14.2 Å². The summed E-state index contributed by atoms with van der Waals surface area (Å²) in [6.07, 6.45) is 4.69. The molecule has 1 aliphatic carbocycles. The molecular weight excluding hydrogens is 256 g/mol. The van der Waals surface area contributed by atoms with Crippen LogP contribution in [0.1, 0.15) is 18.9 Å². The van der Waals surface area contributed by atoms with E-state index in [1.54, 1.807) is 0 Å². The Kier molecular flexibility index (Phi) is 3.38. The first-order valence-corrected chi connectivity index (χ1v) is 6.91. The Labute approximate surface area is 117 Å². The van der Waals surface area contributed by atoms with E-state index < -0.39 is 6.16 Å². The van der Waals surface area contributed by atoms with Crippen LogP contribution in [0.3, 0.4) is 0 Å². The molecule has 0 spiro atoms.